The molecule has 0 heterocycles. The quantitative estimate of drug-likeness (QED) is 0.298. The molecule has 0 bridgehead atoms. The molecule has 0 rings (SSSR count). The first-order valence-electron chi connectivity index (χ1n) is 9.52. The first kappa shape index (κ1) is 22.0. The Morgan fingerprint density at radius 1 is 0.783 bits per heavy atom. The van der Waals surface area contributed by atoms with Gasteiger partial charge in [0, 0.05) is 32.5 Å². The van der Waals surface area contributed by atoms with Crippen LogP contribution in [0, 0.1) is 11.8 Å². The van der Waals surface area contributed by atoms with Crippen LogP contribution < -0.4 is 0 Å². The Kier molecular flexibility index (Phi) is 18.2. The van der Waals surface area contributed by atoms with Gasteiger partial charge in [0.15, 0.2) is 0 Å². The van der Waals surface area contributed by atoms with Crippen LogP contribution in [0.25, 0.3) is 0 Å². The van der Waals surface area contributed by atoms with Crippen LogP contribution in [0.15, 0.2) is 0 Å². The van der Waals surface area contributed by atoms with Crippen LogP contribution in [0.3, 0.4) is 0 Å². The summed E-state index contributed by atoms with van der Waals surface area (Å²) in [5.41, 5.74) is 0. The molecule has 0 aromatic carbocycles. The number of ether oxygens (including phenoxy) is 1. The molecule has 0 radical (unpaired) electrons. The standard InChI is InChI=1S/C20H36O3/c1-2-3-4-12-15-18-23-19-16-13-10-8-6-5-7-9-11-14-17-20(21)22/h2-6,8,10-19H2,1H3,(H,21,22). The average molecular weight is 325 g/mol. The Bertz CT molecular complexity index is 315. The minimum Gasteiger partial charge on any atom is -0.481 e. The highest BCUT2D eigenvalue weighted by molar-refractivity contribution is 5.66. The predicted octanol–water partition coefficient (Wildman–Crippen LogP) is 5.57. The van der Waals surface area contributed by atoms with Crippen molar-refractivity contribution in [2.45, 2.75) is 96.8 Å². The minimum absolute atomic E-state index is 0.232. The molecular formula is C20H36O3. The second kappa shape index (κ2) is 19.0. The van der Waals surface area contributed by atoms with E-state index in [1.807, 2.05) is 0 Å². The van der Waals surface area contributed by atoms with Gasteiger partial charge in [-0.2, -0.15) is 0 Å². The van der Waals surface area contributed by atoms with Gasteiger partial charge in [0.05, 0.1) is 0 Å². The molecule has 0 spiro atoms. The predicted molar refractivity (Wildman–Crippen MR) is 96.5 cm³/mol. The number of rotatable bonds is 16. The molecule has 3 heteroatoms. The summed E-state index contributed by atoms with van der Waals surface area (Å²) in [5.74, 6) is 5.45. The molecule has 0 amide bonds. The highest BCUT2D eigenvalue weighted by Gasteiger charge is 1.94. The van der Waals surface area contributed by atoms with Crippen LogP contribution in [-0.2, 0) is 9.53 Å². The maximum atomic E-state index is 10.3. The van der Waals surface area contributed by atoms with E-state index >= 15 is 0 Å². The third kappa shape index (κ3) is 21.0. The summed E-state index contributed by atoms with van der Waals surface area (Å²) in [5, 5.41) is 8.49. The van der Waals surface area contributed by atoms with E-state index in [2.05, 4.69) is 18.8 Å². The van der Waals surface area contributed by atoms with Gasteiger partial charge in [-0.25, -0.2) is 0 Å². The second-order valence-corrected chi connectivity index (χ2v) is 6.15. The second-order valence-electron chi connectivity index (χ2n) is 6.15. The molecule has 134 valence electrons. The van der Waals surface area contributed by atoms with Crippen LogP contribution in [0.2, 0.25) is 0 Å². The molecule has 0 aromatic heterocycles. The Hall–Kier alpha value is -1.01. The van der Waals surface area contributed by atoms with E-state index in [1.165, 1.54) is 57.8 Å². The largest absolute Gasteiger partial charge is 0.481 e. The first-order valence-corrected chi connectivity index (χ1v) is 9.52. The lowest BCUT2D eigenvalue weighted by Crippen LogP contribution is -1.97. The zero-order valence-electron chi connectivity index (χ0n) is 15.1. The molecule has 0 unspecified atom stereocenters. The van der Waals surface area contributed by atoms with E-state index in [-0.39, 0.29) is 6.42 Å². The van der Waals surface area contributed by atoms with E-state index in [4.69, 9.17) is 9.84 Å². The van der Waals surface area contributed by atoms with Gasteiger partial charge < -0.3 is 9.84 Å². The fourth-order valence-corrected chi connectivity index (χ4v) is 2.36. The van der Waals surface area contributed by atoms with Crippen molar-refractivity contribution in [1.29, 1.82) is 0 Å². The lowest BCUT2D eigenvalue weighted by molar-refractivity contribution is -0.137. The monoisotopic (exact) mass is 324 g/mol. The fraction of sp³-hybridized carbons (Fsp3) is 0.850. The van der Waals surface area contributed by atoms with E-state index in [0.717, 1.165) is 26.1 Å². The van der Waals surface area contributed by atoms with Gasteiger partial charge in [-0.3, -0.25) is 4.79 Å². The van der Waals surface area contributed by atoms with Gasteiger partial charge in [-0.05, 0) is 25.7 Å². The first-order chi connectivity index (χ1) is 11.3. The molecule has 3 nitrogen and oxygen atoms in total. The number of hydrogen-bond donors (Lipinski definition) is 1. The number of unbranched alkanes of at least 4 members (excludes halogenated alkanes) is 10. The summed E-state index contributed by atoms with van der Waals surface area (Å²) in [6.07, 6.45) is 15.2. The van der Waals surface area contributed by atoms with Crippen molar-refractivity contribution in [2.75, 3.05) is 13.2 Å². The molecule has 0 aromatic rings. The van der Waals surface area contributed by atoms with Gasteiger partial charge in [0.25, 0.3) is 0 Å². The average Bonchev–Trinajstić information content (AvgIpc) is 2.53. The maximum Gasteiger partial charge on any atom is 0.303 e. The third-order valence-corrected chi connectivity index (χ3v) is 3.80. The molecule has 0 aliphatic rings. The fourth-order valence-electron chi connectivity index (χ4n) is 2.36. The molecule has 0 aliphatic carbocycles. The number of aliphatic carboxylic acids is 1. The maximum absolute atomic E-state index is 10.3. The SMILES string of the molecule is CCCCCCCOCCCCCCCC#CCCCC(=O)O. The van der Waals surface area contributed by atoms with Crippen LogP contribution in [0.5, 0.6) is 0 Å². The Labute approximate surface area is 143 Å². The highest BCUT2D eigenvalue weighted by atomic mass is 16.5. The van der Waals surface area contributed by atoms with Crippen molar-refractivity contribution in [3.8, 4) is 11.8 Å². The molecule has 0 saturated carbocycles. The van der Waals surface area contributed by atoms with Crippen LogP contribution in [0.4, 0.5) is 0 Å². The van der Waals surface area contributed by atoms with Crippen molar-refractivity contribution in [1.82, 2.24) is 0 Å². The summed E-state index contributed by atoms with van der Waals surface area (Å²) < 4.78 is 5.65. The van der Waals surface area contributed by atoms with Gasteiger partial charge in [-0.1, -0.05) is 51.9 Å². The summed E-state index contributed by atoms with van der Waals surface area (Å²) in [7, 11) is 0. The van der Waals surface area contributed by atoms with Crippen molar-refractivity contribution < 1.29 is 14.6 Å². The Morgan fingerprint density at radius 2 is 1.30 bits per heavy atom. The lowest BCUT2D eigenvalue weighted by atomic mass is 10.1. The molecule has 1 N–H and O–H groups in total. The zero-order valence-corrected chi connectivity index (χ0v) is 15.1. The topological polar surface area (TPSA) is 46.5 Å². The summed E-state index contributed by atoms with van der Waals surface area (Å²) in [6.45, 7) is 4.09. The number of carbonyl (C=O) groups is 1. The summed E-state index contributed by atoms with van der Waals surface area (Å²) in [4.78, 5) is 10.3. The van der Waals surface area contributed by atoms with Crippen molar-refractivity contribution >= 4 is 5.97 Å². The molecule has 0 fully saturated rings. The number of carboxylic acids is 1. The van der Waals surface area contributed by atoms with Crippen LogP contribution in [-0.4, -0.2) is 24.3 Å². The van der Waals surface area contributed by atoms with Crippen molar-refractivity contribution in [3.63, 3.8) is 0 Å². The Morgan fingerprint density at radius 3 is 1.91 bits per heavy atom. The smallest absolute Gasteiger partial charge is 0.303 e. The summed E-state index contributed by atoms with van der Waals surface area (Å²) >= 11 is 0. The van der Waals surface area contributed by atoms with Crippen molar-refractivity contribution in [2.24, 2.45) is 0 Å². The molecule has 23 heavy (non-hydrogen) atoms. The van der Waals surface area contributed by atoms with E-state index in [0.29, 0.717) is 12.8 Å². The van der Waals surface area contributed by atoms with Crippen molar-refractivity contribution in [3.05, 3.63) is 0 Å². The van der Waals surface area contributed by atoms with Crippen LogP contribution in [0.1, 0.15) is 96.8 Å². The molecule has 0 saturated heterocycles. The number of hydrogen-bond acceptors (Lipinski definition) is 2. The van der Waals surface area contributed by atoms with E-state index in [9.17, 15) is 4.79 Å². The molecular weight excluding hydrogens is 288 g/mol. The van der Waals surface area contributed by atoms with Gasteiger partial charge in [-0.15, -0.1) is 11.8 Å². The Balaban J connectivity index is 3.08. The molecule has 0 aliphatic heterocycles. The zero-order chi connectivity index (χ0) is 17.0. The van der Waals surface area contributed by atoms with Crippen LogP contribution >= 0.6 is 0 Å². The van der Waals surface area contributed by atoms with Gasteiger partial charge in [0.2, 0.25) is 0 Å². The normalized spacial score (nSPS) is 10.3. The van der Waals surface area contributed by atoms with E-state index in [1.54, 1.807) is 0 Å². The number of carboxylic acid groups (broad SMARTS) is 1. The minimum atomic E-state index is -0.729. The highest BCUT2D eigenvalue weighted by Crippen LogP contribution is 2.06. The summed E-state index contributed by atoms with van der Waals surface area (Å²) in [6, 6.07) is 0. The lowest BCUT2D eigenvalue weighted by Gasteiger charge is -2.04. The van der Waals surface area contributed by atoms with Gasteiger partial charge in [0.1, 0.15) is 0 Å². The van der Waals surface area contributed by atoms with Gasteiger partial charge >= 0.3 is 5.97 Å². The third-order valence-electron chi connectivity index (χ3n) is 3.80. The van der Waals surface area contributed by atoms with E-state index < -0.39 is 5.97 Å². The molecule has 0 atom stereocenters.